The second kappa shape index (κ2) is 4.86. The topological polar surface area (TPSA) is 17.1 Å². The predicted molar refractivity (Wildman–Crippen MR) is 66.8 cm³/mol. The van der Waals surface area contributed by atoms with Gasteiger partial charge in [0.15, 0.2) is 5.78 Å². The van der Waals surface area contributed by atoms with Crippen LogP contribution in [0, 0.1) is 11.6 Å². The van der Waals surface area contributed by atoms with Crippen molar-refractivity contribution in [2.45, 2.75) is 6.92 Å². The van der Waals surface area contributed by atoms with Crippen molar-refractivity contribution in [1.82, 2.24) is 0 Å². The summed E-state index contributed by atoms with van der Waals surface area (Å²) >= 11 is 5.96. The third-order valence-electron chi connectivity index (χ3n) is 2.58. The molecule has 2 rings (SSSR count). The van der Waals surface area contributed by atoms with Gasteiger partial charge < -0.3 is 0 Å². The maximum absolute atomic E-state index is 13.3. The highest BCUT2D eigenvalue weighted by Crippen LogP contribution is 2.32. The number of carbonyl (C=O) groups excluding carboxylic acids is 1. The van der Waals surface area contributed by atoms with Crippen LogP contribution in [0.25, 0.3) is 11.1 Å². The summed E-state index contributed by atoms with van der Waals surface area (Å²) in [6.07, 6.45) is 0. The number of hydrogen-bond donors (Lipinski definition) is 0. The molecule has 0 saturated carbocycles. The number of benzene rings is 2. The molecule has 0 bridgehead atoms. The maximum atomic E-state index is 13.3. The van der Waals surface area contributed by atoms with Crippen LogP contribution in [0.1, 0.15) is 17.3 Å². The number of Topliss-reactive ketones (excluding diaryl/α,β-unsaturated/α-hetero) is 1. The van der Waals surface area contributed by atoms with Crippen LogP contribution in [0.5, 0.6) is 0 Å². The van der Waals surface area contributed by atoms with Gasteiger partial charge in [-0.2, -0.15) is 0 Å². The number of rotatable bonds is 2. The Bertz CT molecular complexity index is 623. The highest BCUT2D eigenvalue weighted by atomic mass is 35.5. The first kappa shape index (κ1) is 12.7. The van der Waals surface area contributed by atoms with E-state index in [2.05, 4.69) is 0 Å². The van der Waals surface area contributed by atoms with Crippen molar-refractivity contribution in [2.75, 3.05) is 0 Å². The molecule has 0 aromatic heterocycles. The number of halogens is 3. The van der Waals surface area contributed by atoms with Gasteiger partial charge in [0.1, 0.15) is 11.6 Å². The average Bonchev–Trinajstić information content (AvgIpc) is 2.31. The van der Waals surface area contributed by atoms with Crippen molar-refractivity contribution in [1.29, 1.82) is 0 Å². The van der Waals surface area contributed by atoms with Gasteiger partial charge in [0.2, 0.25) is 0 Å². The maximum Gasteiger partial charge on any atom is 0.160 e. The van der Waals surface area contributed by atoms with Crippen LogP contribution >= 0.6 is 11.6 Å². The first-order valence-corrected chi connectivity index (χ1v) is 5.63. The fraction of sp³-hybridized carbons (Fsp3) is 0.0714. The van der Waals surface area contributed by atoms with Crippen LogP contribution in [0.4, 0.5) is 8.78 Å². The predicted octanol–water partition coefficient (Wildman–Crippen LogP) is 4.49. The fourth-order valence-corrected chi connectivity index (χ4v) is 1.97. The molecule has 4 heteroatoms. The molecule has 0 atom stereocenters. The molecule has 92 valence electrons. The summed E-state index contributed by atoms with van der Waals surface area (Å²) in [5, 5.41) is 0.268. The lowest BCUT2D eigenvalue weighted by Gasteiger charge is -2.09. The molecular weight excluding hydrogens is 258 g/mol. The Labute approximate surface area is 108 Å². The normalized spacial score (nSPS) is 10.4. The summed E-state index contributed by atoms with van der Waals surface area (Å²) in [5.74, 6) is -1.23. The van der Waals surface area contributed by atoms with Gasteiger partial charge in [0, 0.05) is 16.1 Å². The van der Waals surface area contributed by atoms with E-state index in [-0.39, 0.29) is 10.8 Å². The molecule has 0 spiro atoms. The first-order valence-electron chi connectivity index (χ1n) is 5.25. The van der Waals surface area contributed by atoms with Crippen molar-refractivity contribution in [2.24, 2.45) is 0 Å². The molecule has 0 saturated heterocycles. The second-order valence-electron chi connectivity index (χ2n) is 3.87. The molecule has 0 aliphatic heterocycles. The van der Waals surface area contributed by atoms with E-state index in [0.717, 1.165) is 0 Å². The summed E-state index contributed by atoms with van der Waals surface area (Å²) in [4.78, 5) is 11.5. The molecule has 2 aromatic carbocycles. The van der Waals surface area contributed by atoms with E-state index in [1.807, 2.05) is 0 Å². The van der Waals surface area contributed by atoms with Gasteiger partial charge in [-0.05, 0) is 48.9 Å². The summed E-state index contributed by atoms with van der Waals surface area (Å²) < 4.78 is 26.5. The molecular formula is C14H9ClF2O. The van der Waals surface area contributed by atoms with Crippen molar-refractivity contribution in [3.8, 4) is 11.1 Å². The van der Waals surface area contributed by atoms with E-state index in [9.17, 15) is 13.6 Å². The summed E-state index contributed by atoms with van der Waals surface area (Å²) in [5.41, 5.74) is 0.914. The van der Waals surface area contributed by atoms with Gasteiger partial charge in [-0.15, -0.1) is 0 Å². The molecule has 0 N–H and O–H groups in total. The van der Waals surface area contributed by atoms with E-state index >= 15 is 0 Å². The average molecular weight is 267 g/mol. The van der Waals surface area contributed by atoms with Gasteiger partial charge in [0.25, 0.3) is 0 Å². The lowest BCUT2D eigenvalue weighted by atomic mass is 9.97. The number of carbonyl (C=O) groups is 1. The number of ketones is 1. The van der Waals surface area contributed by atoms with E-state index in [0.29, 0.717) is 16.7 Å². The summed E-state index contributed by atoms with van der Waals surface area (Å²) in [6, 6.07) is 7.50. The molecule has 18 heavy (non-hydrogen) atoms. The summed E-state index contributed by atoms with van der Waals surface area (Å²) in [7, 11) is 0. The Morgan fingerprint density at radius 3 is 2.17 bits per heavy atom. The SMILES string of the molecule is CC(=O)c1ccc(F)cc1-c1cc(F)ccc1Cl. The zero-order chi connectivity index (χ0) is 13.3. The van der Waals surface area contributed by atoms with Gasteiger partial charge in [0.05, 0.1) is 0 Å². The Morgan fingerprint density at radius 1 is 1.00 bits per heavy atom. The van der Waals surface area contributed by atoms with E-state index < -0.39 is 11.6 Å². The second-order valence-corrected chi connectivity index (χ2v) is 4.28. The molecule has 0 unspecified atom stereocenters. The smallest absolute Gasteiger partial charge is 0.160 e. The van der Waals surface area contributed by atoms with E-state index in [1.165, 1.54) is 43.3 Å². The summed E-state index contributed by atoms with van der Waals surface area (Å²) in [6.45, 7) is 1.37. The zero-order valence-corrected chi connectivity index (χ0v) is 10.3. The van der Waals surface area contributed by atoms with Crippen LogP contribution in [0.2, 0.25) is 5.02 Å². The van der Waals surface area contributed by atoms with Crippen LogP contribution in [-0.4, -0.2) is 5.78 Å². The lowest BCUT2D eigenvalue weighted by Crippen LogP contribution is -1.97. The Balaban J connectivity index is 2.73. The third kappa shape index (κ3) is 2.41. The third-order valence-corrected chi connectivity index (χ3v) is 2.91. The van der Waals surface area contributed by atoms with Crippen LogP contribution < -0.4 is 0 Å². The van der Waals surface area contributed by atoms with Crippen molar-refractivity contribution in [3.05, 3.63) is 58.6 Å². The van der Waals surface area contributed by atoms with Crippen molar-refractivity contribution >= 4 is 17.4 Å². The van der Waals surface area contributed by atoms with E-state index in [1.54, 1.807) is 0 Å². The minimum Gasteiger partial charge on any atom is -0.294 e. The molecule has 1 nitrogen and oxygen atoms in total. The molecule has 2 aromatic rings. The minimum absolute atomic E-state index is 0.231. The van der Waals surface area contributed by atoms with Crippen molar-refractivity contribution in [3.63, 3.8) is 0 Å². The van der Waals surface area contributed by atoms with Crippen LogP contribution in [0.15, 0.2) is 36.4 Å². The van der Waals surface area contributed by atoms with Crippen LogP contribution in [-0.2, 0) is 0 Å². The van der Waals surface area contributed by atoms with Crippen LogP contribution in [0.3, 0.4) is 0 Å². The molecule has 0 aliphatic rings. The highest BCUT2D eigenvalue weighted by molar-refractivity contribution is 6.33. The molecule has 0 radical (unpaired) electrons. The Kier molecular flexibility index (Phi) is 3.43. The van der Waals surface area contributed by atoms with Crippen molar-refractivity contribution < 1.29 is 13.6 Å². The quantitative estimate of drug-likeness (QED) is 0.732. The Morgan fingerprint density at radius 2 is 1.56 bits per heavy atom. The molecule has 0 heterocycles. The van der Waals surface area contributed by atoms with Gasteiger partial charge >= 0.3 is 0 Å². The first-order chi connectivity index (χ1) is 8.49. The highest BCUT2D eigenvalue weighted by Gasteiger charge is 2.13. The zero-order valence-electron chi connectivity index (χ0n) is 9.51. The molecule has 0 fully saturated rings. The number of hydrogen-bond acceptors (Lipinski definition) is 1. The van der Waals surface area contributed by atoms with Gasteiger partial charge in [-0.25, -0.2) is 8.78 Å². The fourth-order valence-electron chi connectivity index (χ4n) is 1.75. The largest absolute Gasteiger partial charge is 0.294 e. The Hall–Kier alpha value is -1.74. The monoisotopic (exact) mass is 266 g/mol. The van der Waals surface area contributed by atoms with E-state index in [4.69, 9.17) is 11.6 Å². The van der Waals surface area contributed by atoms with Gasteiger partial charge in [-0.3, -0.25) is 4.79 Å². The van der Waals surface area contributed by atoms with Gasteiger partial charge in [-0.1, -0.05) is 11.6 Å². The minimum atomic E-state index is -0.504. The standard InChI is InChI=1S/C14H9ClF2O/c1-8(18)11-4-2-9(16)6-12(11)13-7-10(17)3-5-14(13)15/h2-7H,1H3. The molecule has 0 aliphatic carbocycles. The lowest BCUT2D eigenvalue weighted by molar-refractivity contribution is 0.101. The molecule has 0 amide bonds.